The number of hydrogen-bond donors (Lipinski definition) is 1. The van der Waals surface area contributed by atoms with Gasteiger partial charge in [0.15, 0.2) is 15.5 Å². The molecule has 3 aromatic heterocycles. The summed E-state index contributed by atoms with van der Waals surface area (Å²) in [6.45, 7) is 5.67. The maximum Gasteiger partial charge on any atom is 0.252 e. The number of fused-ring (bicyclic) bond motifs is 1. The monoisotopic (exact) mass is 406 g/mol. The van der Waals surface area contributed by atoms with E-state index in [1.165, 1.54) is 0 Å². The minimum absolute atomic E-state index is 0.0616. The van der Waals surface area contributed by atoms with Crippen molar-refractivity contribution in [3.8, 4) is 10.6 Å². The first-order valence-electron chi connectivity index (χ1n) is 8.73. The Morgan fingerprint density at radius 3 is 2.78 bits per heavy atom. The first kappa shape index (κ1) is 19.5. The van der Waals surface area contributed by atoms with Gasteiger partial charge < -0.3 is 5.32 Å². The molecule has 0 atom stereocenters. The van der Waals surface area contributed by atoms with Gasteiger partial charge in [0, 0.05) is 18.3 Å². The average molecular weight is 407 g/mol. The van der Waals surface area contributed by atoms with Crippen molar-refractivity contribution >= 4 is 38.1 Å². The topological polar surface area (TPSA) is 93.9 Å². The van der Waals surface area contributed by atoms with Crippen LogP contribution in [0.5, 0.6) is 0 Å². The van der Waals surface area contributed by atoms with Crippen molar-refractivity contribution < 1.29 is 13.2 Å². The lowest BCUT2D eigenvalue weighted by molar-refractivity contribution is 0.0957. The molecule has 0 aromatic carbocycles. The predicted octanol–water partition coefficient (Wildman–Crippen LogP) is 2.91. The lowest BCUT2D eigenvalue weighted by atomic mass is 10.1. The highest BCUT2D eigenvalue weighted by Gasteiger charge is 2.19. The van der Waals surface area contributed by atoms with E-state index in [1.54, 1.807) is 35.2 Å². The van der Waals surface area contributed by atoms with Crippen LogP contribution < -0.4 is 5.32 Å². The Bertz CT molecular complexity index is 1050. The summed E-state index contributed by atoms with van der Waals surface area (Å²) in [7, 11) is -3.13. The van der Waals surface area contributed by atoms with Crippen LogP contribution in [0.25, 0.3) is 21.6 Å². The molecule has 0 unspecified atom stereocenters. The normalized spacial score (nSPS) is 12.0. The maximum atomic E-state index is 12.8. The van der Waals surface area contributed by atoms with Gasteiger partial charge in [-0.15, -0.1) is 11.3 Å². The third-order valence-corrected chi connectivity index (χ3v) is 6.81. The van der Waals surface area contributed by atoms with Gasteiger partial charge in [-0.1, -0.05) is 13.0 Å². The molecule has 1 amide bonds. The third kappa shape index (κ3) is 4.19. The molecule has 1 N–H and O–H groups in total. The molecule has 3 heterocycles. The summed E-state index contributed by atoms with van der Waals surface area (Å²) in [5.74, 6) is -0.340. The van der Waals surface area contributed by atoms with E-state index in [-0.39, 0.29) is 30.0 Å². The molecule has 7 nitrogen and oxygen atoms in total. The number of pyridine rings is 1. The maximum absolute atomic E-state index is 12.8. The van der Waals surface area contributed by atoms with Gasteiger partial charge in [-0.3, -0.25) is 4.79 Å². The third-order valence-electron chi connectivity index (χ3n) is 4.21. The van der Waals surface area contributed by atoms with E-state index < -0.39 is 9.84 Å². The van der Waals surface area contributed by atoms with Crippen LogP contribution in [0.15, 0.2) is 29.8 Å². The van der Waals surface area contributed by atoms with Crippen LogP contribution in [0.1, 0.15) is 37.2 Å². The van der Waals surface area contributed by atoms with Crippen molar-refractivity contribution in [1.82, 2.24) is 20.1 Å². The van der Waals surface area contributed by atoms with Crippen LogP contribution in [0, 0.1) is 0 Å². The van der Waals surface area contributed by atoms with E-state index >= 15 is 0 Å². The van der Waals surface area contributed by atoms with Crippen molar-refractivity contribution in [2.75, 3.05) is 18.1 Å². The van der Waals surface area contributed by atoms with E-state index in [9.17, 15) is 13.2 Å². The number of sulfone groups is 1. The van der Waals surface area contributed by atoms with E-state index in [2.05, 4.69) is 10.4 Å². The second kappa shape index (κ2) is 7.77. The number of hydrogen-bond acceptors (Lipinski definition) is 6. The largest absolute Gasteiger partial charge is 0.351 e. The van der Waals surface area contributed by atoms with Crippen molar-refractivity contribution in [2.24, 2.45) is 0 Å². The number of amides is 1. The fourth-order valence-electron chi connectivity index (χ4n) is 2.69. The van der Waals surface area contributed by atoms with Gasteiger partial charge in [0.25, 0.3) is 5.91 Å². The number of thiophene rings is 1. The Balaban J connectivity index is 1.99. The predicted molar refractivity (Wildman–Crippen MR) is 108 cm³/mol. The van der Waals surface area contributed by atoms with Crippen LogP contribution in [0.2, 0.25) is 0 Å². The summed E-state index contributed by atoms with van der Waals surface area (Å²) >= 11 is 1.54. The molecule has 0 spiro atoms. The van der Waals surface area contributed by atoms with E-state index in [1.807, 2.05) is 31.4 Å². The number of nitrogens with zero attached hydrogens (tertiary/aromatic N) is 3. The Kier molecular flexibility index (Phi) is 5.61. The Hall–Kier alpha value is -2.26. The fraction of sp³-hybridized carbons (Fsp3) is 0.389. The molecule has 0 aliphatic heterocycles. The van der Waals surface area contributed by atoms with Gasteiger partial charge in [0.2, 0.25) is 0 Å². The molecular formula is C18H22N4O3S2. The summed E-state index contributed by atoms with van der Waals surface area (Å²) in [6, 6.07) is 5.72. The quantitative estimate of drug-likeness (QED) is 0.651. The van der Waals surface area contributed by atoms with Crippen LogP contribution >= 0.6 is 11.3 Å². The highest BCUT2D eigenvalue weighted by molar-refractivity contribution is 7.91. The lowest BCUT2D eigenvalue weighted by Gasteiger charge is -2.10. The molecule has 0 aliphatic carbocycles. The van der Waals surface area contributed by atoms with Crippen molar-refractivity contribution in [3.05, 3.63) is 35.3 Å². The highest BCUT2D eigenvalue weighted by atomic mass is 32.2. The van der Waals surface area contributed by atoms with Gasteiger partial charge in [-0.25, -0.2) is 18.1 Å². The van der Waals surface area contributed by atoms with E-state index in [4.69, 9.17) is 4.98 Å². The van der Waals surface area contributed by atoms with Crippen LogP contribution in [-0.4, -0.2) is 47.1 Å². The minimum Gasteiger partial charge on any atom is -0.351 e. The zero-order chi connectivity index (χ0) is 19.6. The molecule has 0 bridgehead atoms. The Labute approximate surface area is 162 Å². The summed E-state index contributed by atoms with van der Waals surface area (Å²) in [4.78, 5) is 18.4. The van der Waals surface area contributed by atoms with Gasteiger partial charge in [-0.05, 0) is 31.4 Å². The van der Waals surface area contributed by atoms with Crippen LogP contribution in [0.3, 0.4) is 0 Å². The summed E-state index contributed by atoms with van der Waals surface area (Å²) < 4.78 is 25.1. The van der Waals surface area contributed by atoms with E-state index in [0.29, 0.717) is 22.3 Å². The molecule has 9 heteroatoms. The van der Waals surface area contributed by atoms with Gasteiger partial charge >= 0.3 is 0 Å². The molecule has 0 saturated carbocycles. The second-order valence-corrected chi connectivity index (χ2v) is 9.87. The molecule has 0 aliphatic rings. The van der Waals surface area contributed by atoms with Gasteiger partial charge in [-0.2, -0.15) is 5.10 Å². The molecule has 0 radical (unpaired) electrons. The molecule has 144 valence electrons. The summed E-state index contributed by atoms with van der Waals surface area (Å²) in [5, 5.41) is 9.70. The van der Waals surface area contributed by atoms with Crippen molar-refractivity contribution in [3.63, 3.8) is 0 Å². The Morgan fingerprint density at radius 1 is 1.37 bits per heavy atom. The SMILES string of the molecule is CCS(=O)(=O)CCNC(=O)c1cc(-c2cccs2)nc2c1cnn2C(C)C. The summed E-state index contributed by atoms with van der Waals surface area (Å²) in [5.41, 5.74) is 1.79. The Morgan fingerprint density at radius 2 is 2.15 bits per heavy atom. The highest BCUT2D eigenvalue weighted by Crippen LogP contribution is 2.28. The molecule has 0 fully saturated rings. The molecule has 3 aromatic rings. The molecule has 0 saturated heterocycles. The fourth-order valence-corrected chi connectivity index (χ4v) is 4.08. The smallest absolute Gasteiger partial charge is 0.252 e. The van der Waals surface area contributed by atoms with Crippen molar-refractivity contribution in [2.45, 2.75) is 26.8 Å². The second-order valence-electron chi connectivity index (χ2n) is 6.44. The van der Waals surface area contributed by atoms with Gasteiger partial charge in [0.1, 0.15) is 0 Å². The van der Waals surface area contributed by atoms with Crippen LogP contribution in [-0.2, 0) is 9.84 Å². The number of nitrogens with one attached hydrogen (secondary N) is 1. The van der Waals surface area contributed by atoms with Crippen molar-refractivity contribution in [1.29, 1.82) is 0 Å². The van der Waals surface area contributed by atoms with E-state index in [0.717, 1.165) is 4.88 Å². The first-order chi connectivity index (χ1) is 12.8. The molecule has 27 heavy (non-hydrogen) atoms. The number of carbonyl (C=O) groups is 1. The van der Waals surface area contributed by atoms with Gasteiger partial charge in [0.05, 0.1) is 33.5 Å². The van der Waals surface area contributed by atoms with Crippen LogP contribution in [0.4, 0.5) is 0 Å². The number of aromatic nitrogens is 3. The number of rotatable bonds is 7. The average Bonchev–Trinajstić information content (AvgIpc) is 3.30. The lowest BCUT2D eigenvalue weighted by Crippen LogP contribution is -2.29. The zero-order valence-corrected chi connectivity index (χ0v) is 17.1. The zero-order valence-electron chi connectivity index (χ0n) is 15.5. The number of carbonyl (C=O) groups excluding carboxylic acids is 1. The summed E-state index contributed by atoms with van der Waals surface area (Å²) in [6.07, 6.45) is 1.64. The molecule has 3 rings (SSSR count). The standard InChI is InChI=1S/C18H22N4O3S2/c1-4-27(24,25)9-7-19-18(23)13-10-15(16-6-5-8-26-16)21-17-14(13)11-20-22(17)12(2)3/h5-6,8,10-12H,4,7,9H2,1-3H3,(H,19,23). The minimum atomic E-state index is -3.13. The first-order valence-corrected chi connectivity index (χ1v) is 11.4. The molecular weight excluding hydrogens is 384 g/mol.